The van der Waals surface area contributed by atoms with Gasteiger partial charge in [0.05, 0.1) is 5.56 Å². The number of aryl methyl sites for hydroxylation is 1. The third-order valence-corrected chi connectivity index (χ3v) is 6.00. The highest BCUT2D eigenvalue weighted by molar-refractivity contribution is 6.16. The lowest BCUT2D eigenvalue weighted by Crippen LogP contribution is -2.43. The number of ketones is 2. The summed E-state index contributed by atoms with van der Waals surface area (Å²) >= 11 is 0. The van der Waals surface area contributed by atoms with Crippen molar-refractivity contribution in [3.05, 3.63) is 69.8 Å². The summed E-state index contributed by atoms with van der Waals surface area (Å²) in [7, 11) is 0. The van der Waals surface area contributed by atoms with Gasteiger partial charge in [-0.25, -0.2) is 4.79 Å². The van der Waals surface area contributed by atoms with Crippen LogP contribution in [0.3, 0.4) is 0 Å². The van der Waals surface area contributed by atoms with Crippen molar-refractivity contribution >= 4 is 17.5 Å². The van der Waals surface area contributed by atoms with Crippen LogP contribution in [0, 0.1) is 18.8 Å². The molecule has 0 heterocycles. The Morgan fingerprint density at radius 3 is 2.00 bits per heavy atom. The molecule has 5 rings (SSSR count). The van der Waals surface area contributed by atoms with Crippen LogP contribution in [0.4, 0.5) is 0 Å². The molecule has 3 aliphatic rings. The normalized spacial score (nSPS) is 28.7. The quantitative estimate of drug-likeness (QED) is 0.876. The van der Waals surface area contributed by atoms with Gasteiger partial charge in [0.15, 0.2) is 11.6 Å². The van der Waals surface area contributed by atoms with Gasteiger partial charge in [-0.1, -0.05) is 30.3 Å². The monoisotopic (exact) mass is 318 g/mol. The molecule has 0 unspecified atom stereocenters. The minimum absolute atomic E-state index is 0.0573. The van der Waals surface area contributed by atoms with E-state index in [1.807, 2.05) is 31.2 Å². The summed E-state index contributed by atoms with van der Waals surface area (Å²) in [4.78, 5) is 37.4. The third-order valence-electron chi connectivity index (χ3n) is 6.00. The largest absolute Gasteiger partial charge is 0.478 e. The molecule has 0 spiro atoms. The number of carbonyl (C=O) groups is 3. The zero-order chi connectivity index (χ0) is 16.7. The van der Waals surface area contributed by atoms with Crippen molar-refractivity contribution in [2.75, 3.05) is 0 Å². The fourth-order valence-corrected chi connectivity index (χ4v) is 5.11. The Morgan fingerprint density at radius 1 is 0.833 bits per heavy atom. The molecule has 1 fully saturated rings. The highest BCUT2D eigenvalue weighted by Crippen LogP contribution is 2.67. The van der Waals surface area contributed by atoms with E-state index < -0.39 is 5.97 Å². The Labute approximate surface area is 138 Å². The van der Waals surface area contributed by atoms with Crippen LogP contribution in [0.25, 0.3) is 0 Å². The van der Waals surface area contributed by atoms with Crippen molar-refractivity contribution in [1.82, 2.24) is 0 Å². The van der Waals surface area contributed by atoms with Crippen LogP contribution < -0.4 is 0 Å². The molecule has 2 aromatic carbocycles. The lowest BCUT2D eigenvalue weighted by molar-refractivity contribution is 0.0590. The summed E-state index contributed by atoms with van der Waals surface area (Å²) in [6.45, 7) is 1.93. The SMILES string of the molecule is Cc1cccc2c1C(=O)[C@H]1[C@@H]2[C@H]2C(=O)c3c(C(=O)O)cccc3[C@@H]21. The summed E-state index contributed by atoms with van der Waals surface area (Å²) < 4.78 is 0. The summed E-state index contributed by atoms with van der Waals surface area (Å²) in [5.41, 5.74) is 3.80. The Bertz CT molecular complexity index is 972. The number of carbonyl (C=O) groups excluding carboxylic acids is 2. The van der Waals surface area contributed by atoms with Gasteiger partial charge in [0.1, 0.15) is 0 Å². The van der Waals surface area contributed by atoms with Gasteiger partial charge in [0.25, 0.3) is 0 Å². The average molecular weight is 318 g/mol. The van der Waals surface area contributed by atoms with Crippen molar-refractivity contribution in [3.63, 3.8) is 0 Å². The topological polar surface area (TPSA) is 71.4 Å². The van der Waals surface area contributed by atoms with Crippen LogP contribution in [0.5, 0.6) is 0 Å². The maximum atomic E-state index is 13.0. The van der Waals surface area contributed by atoms with Crippen LogP contribution in [-0.4, -0.2) is 22.6 Å². The number of hydrogen-bond donors (Lipinski definition) is 1. The molecule has 118 valence electrons. The predicted molar refractivity (Wildman–Crippen MR) is 85.7 cm³/mol. The van der Waals surface area contributed by atoms with Gasteiger partial charge in [0, 0.05) is 34.8 Å². The molecule has 0 bridgehead atoms. The lowest BCUT2D eigenvalue weighted by atomic mass is 9.57. The van der Waals surface area contributed by atoms with Gasteiger partial charge in [0.2, 0.25) is 0 Å². The van der Waals surface area contributed by atoms with Gasteiger partial charge in [-0.05, 0) is 29.7 Å². The van der Waals surface area contributed by atoms with Crippen LogP contribution in [0.1, 0.15) is 59.6 Å². The second-order valence-corrected chi connectivity index (χ2v) is 6.95. The molecule has 0 saturated heterocycles. The van der Waals surface area contributed by atoms with E-state index in [1.165, 1.54) is 6.07 Å². The predicted octanol–water partition coefficient (Wildman–Crippen LogP) is 3.20. The zero-order valence-electron chi connectivity index (χ0n) is 12.9. The summed E-state index contributed by atoms with van der Waals surface area (Å²) in [6.07, 6.45) is 0. The van der Waals surface area contributed by atoms with Crippen molar-refractivity contribution < 1.29 is 19.5 Å². The van der Waals surface area contributed by atoms with E-state index in [2.05, 4.69) is 0 Å². The highest BCUT2D eigenvalue weighted by Gasteiger charge is 2.65. The fourth-order valence-electron chi connectivity index (χ4n) is 5.11. The Balaban J connectivity index is 1.70. The van der Waals surface area contributed by atoms with Crippen LogP contribution >= 0.6 is 0 Å². The van der Waals surface area contributed by atoms with E-state index >= 15 is 0 Å². The van der Waals surface area contributed by atoms with Crippen LogP contribution in [-0.2, 0) is 0 Å². The summed E-state index contributed by atoms with van der Waals surface area (Å²) in [5, 5.41) is 9.39. The molecule has 3 aliphatic carbocycles. The zero-order valence-corrected chi connectivity index (χ0v) is 12.9. The number of carboxylic acids is 1. The molecule has 0 radical (unpaired) electrons. The third kappa shape index (κ3) is 1.34. The van der Waals surface area contributed by atoms with E-state index in [0.29, 0.717) is 5.56 Å². The summed E-state index contributed by atoms with van der Waals surface area (Å²) in [6, 6.07) is 10.7. The van der Waals surface area contributed by atoms with E-state index in [1.54, 1.807) is 6.07 Å². The second kappa shape index (κ2) is 4.20. The molecule has 24 heavy (non-hydrogen) atoms. The number of rotatable bonds is 1. The standard InChI is InChI=1S/C20H14O4/c1-8-4-2-5-9-12(8)18(21)16-14(9)17-15(16)10-6-3-7-11(20(23)24)13(10)19(17)22/h2-7,14-17H,1H3,(H,23,24)/t14-,15-,16+,17-/m1/s1. The van der Waals surface area contributed by atoms with Gasteiger partial charge in [-0.3, -0.25) is 9.59 Å². The second-order valence-electron chi connectivity index (χ2n) is 6.95. The van der Waals surface area contributed by atoms with E-state index in [4.69, 9.17) is 0 Å². The molecule has 1 N–H and O–H groups in total. The fraction of sp³-hybridized carbons (Fsp3) is 0.250. The molecular formula is C20H14O4. The van der Waals surface area contributed by atoms with Crippen LogP contribution in [0.15, 0.2) is 36.4 Å². The molecule has 0 aliphatic heterocycles. The van der Waals surface area contributed by atoms with Gasteiger partial charge in [-0.15, -0.1) is 0 Å². The van der Waals surface area contributed by atoms with Gasteiger partial charge in [-0.2, -0.15) is 0 Å². The first-order valence-corrected chi connectivity index (χ1v) is 8.06. The number of carboxylic acid groups (broad SMARTS) is 1. The molecule has 4 heteroatoms. The Hall–Kier alpha value is -2.75. The van der Waals surface area contributed by atoms with Gasteiger partial charge < -0.3 is 5.11 Å². The highest BCUT2D eigenvalue weighted by atomic mass is 16.4. The minimum atomic E-state index is -1.09. The number of benzene rings is 2. The number of hydrogen-bond acceptors (Lipinski definition) is 3. The summed E-state index contributed by atoms with van der Waals surface area (Å²) in [5.74, 6) is -1.88. The number of aromatic carboxylic acids is 1. The molecule has 0 aromatic heterocycles. The number of fused-ring (bicyclic) bond motifs is 8. The maximum absolute atomic E-state index is 13.0. The van der Waals surface area contributed by atoms with Gasteiger partial charge >= 0.3 is 5.97 Å². The van der Waals surface area contributed by atoms with Crippen LogP contribution in [0.2, 0.25) is 0 Å². The lowest BCUT2D eigenvalue weighted by Gasteiger charge is -2.43. The van der Waals surface area contributed by atoms with E-state index in [9.17, 15) is 19.5 Å². The van der Waals surface area contributed by atoms with Crippen molar-refractivity contribution in [1.29, 1.82) is 0 Å². The van der Waals surface area contributed by atoms with Crippen molar-refractivity contribution in [3.8, 4) is 0 Å². The first kappa shape index (κ1) is 13.7. The first-order valence-electron chi connectivity index (χ1n) is 8.06. The molecule has 0 amide bonds. The Morgan fingerprint density at radius 2 is 1.38 bits per heavy atom. The molecule has 1 saturated carbocycles. The average Bonchev–Trinajstić information content (AvgIpc) is 2.89. The smallest absolute Gasteiger partial charge is 0.336 e. The number of Topliss-reactive ketones (excluding diaryl/α,β-unsaturated/α-hetero) is 2. The molecular weight excluding hydrogens is 304 g/mol. The maximum Gasteiger partial charge on any atom is 0.336 e. The van der Waals surface area contributed by atoms with E-state index in [0.717, 1.165) is 22.3 Å². The Kier molecular flexibility index (Phi) is 2.39. The molecule has 4 atom stereocenters. The molecule has 2 aromatic rings. The van der Waals surface area contributed by atoms with E-state index in [-0.39, 0.29) is 40.8 Å². The van der Waals surface area contributed by atoms with Crippen molar-refractivity contribution in [2.24, 2.45) is 11.8 Å². The minimum Gasteiger partial charge on any atom is -0.478 e. The van der Waals surface area contributed by atoms with Crippen molar-refractivity contribution in [2.45, 2.75) is 18.8 Å². The molecule has 4 nitrogen and oxygen atoms in total. The first-order chi connectivity index (χ1) is 11.5.